The number of methoxy groups -OCH3 is 4. The molecule has 0 spiro atoms. The first-order valence-electron chi connectivity index (χ1n) is 24.9. The number of sulfone groups is 2. The zero-order valence-corrected chi connectivity index (χ0v) is 46.0. The first kappa shape index (κ1) is 55.9. The molecule has 2 saturated heterocycles. The Kier molecular flexibility index (Phi) is 16.5. The highest BCUT2D eigenvalue weighted by atomic mass is 32.2. The summed E-state index contributed by atoms with van der Waals surface area (Å²) in [7, 11) is -1.75. The van der Waals surface area contributed by atoms with Gasteiger partial charge >= 0.3 is 0 Å². The number of piperidine rings is 2. The number of para-hydroxylation sites is 2. The molecule has 2 N–H and O–H groups in total. The summed E-state index contributed by atoms with van der Waals surface area (Å²) in [6.07, 6.45) is 4.27. The lowest BCUT2D eigenvalue weighted by molar-refractivity contribution is 0.154. The van der Waals surface area contributed by atoms with Crippen LogP contribution in [-0.4, -0.2) is 144 Å². The number of furan rings is 2. The number of aliphatic hydroxyl groups excluding tert-OH is 2. The smallest absolute Gasteiger partial charge is 0.204 e. The highest BCUT2D eigenvalue weighted by molar-refractivity contribution is 7.91. The van der Waals surface area contributed by atoms with E-state index in [2.05, 4.69) is 30.4 Å². The van der Waals surface area contributed by atoms with Gasteiger partial charge in [0.05, 0.1) is 86.0 Å². The maximum atomic E-state index is 13.9. The highest BCUT2D eigenvalue weighted by Crippen LogP contribution is 2.40. The number of rotatable bonds is 16. The number of aromatic nitrogens is 8. The Morgan fingerprint density at radius 3 is 1.26 bits per heavy atom. The predicted molar refractivity (Wildman–Crippen MR) is 290 cm³/mol. The molecule has 0 unspecified atom stereocenters. The molecule has 2 aliphatic heterocycles. The summed E-state index contributed by atoms with van der Waals surface area (Å²) in [5.41, 5.74) is 2.67. The van der Waals surface area contributed by atoms with Crippen LogP contribution in [0.25, 0.3) is 34.5 Å². The summed E-state index contributed by atoms with van der Waals surface area (Å²) in [6, 6.07) is 24.8. The predicted octanol–water partition coefficient (Wildman–Crippen LogP) is 5.35. The van der Waals surface area contributed by atoms with Gasteiger partial charge < -0.3 is 47.8 Å². The number of aryl methyl sites for hydroxylation is 2. The van der Waals surface area contributed by atoms with Crippen molar-refractivity contribution in [3.05, 3.63) is 132 Å². The Hall–Kier alpha value is -8.82. The lowest BCUT2D eigenvalue weighted by Gasteiger charge is -2.36. The second-order valence-corrected chi connectivity index (χ2v) is 23.5. The van der Waals surface area contributed by atoms with Gasteiger partial charge in [-0.15, -0.1) is 20.4 Å². The summed E-state index contributed by atoms with van der Waals surface area (Å²) in [6.45, 7) is 4.26. The van der Waals surface area contributed by atoms with Crippen molar-refractivity contribution < 1.29 is 54.8 Å². The second-order valence-electron chi connectivity index (χ2n) is 18.9. The third kappa shape index (κ3) is 11.8. The lowest BCUT2D eigenvalue weighted by atomic mass is 10.1. The van der Waals surface area contributed by atoms with Crippen molar-refractivity contribution in [3.8, 4) is 69.7 Å². The van der Waals surface area contributed by atoms with E-state index in [4.69, 9.17) is 27.8 Å². The van der Waals surface area contributed by atoms with E-state index >= 15 is 0 Å². The van der Waals surface area contributed by atoms with Crippen LogP contribution in [0.15, 0.2) is 106 Å². The molecule has 8 aromatic rings. The molecule has 2 aliphatic rings. The zero-order valence-electron chi connectivity index (χ0n) is 44.4. The summed E-state index contributed by atoms with van der Waals surface area (Å²) in [4.78, 5) is 11.6. The molecule has 6 aromatic heterocycles. The van der Waals surface area contributed by atoms with Crippen LogP contribution in [0.1, 0.15) is 47.1 Å². The largest absolute Gasteiger partial charge is 0.494 e. The molecule has 26 heteroatoms. The normalized spacial score (nSPS) is 17.4. The van der Waals surface area contributed by atoms with Crippen LogP contribution in [0, 0.1) is 36.5 Å². The number of aliphatic hydroxyl groups is 2. The van der Waals surface area contributed by atoms with E-state index in [1.807, 2.05) is 12.1 Å². The zero-order chi connectivity index (χ0) is 56.9. The number of anilines is 2. The molecule has 80 heavy (non-hydrogen) atoms. The SMILES string of the molecule is COc1cccc(OC)c1-n1c(CS(=O)(=O)[C@@H]2C[C@H](O)CN(c3cncc(C#N)c3)C2)nnc1-c1ccc(C)o1.COc1cccc(OC)c1-n1c(CS(=O)(=O)[C@H]2C[C@@H](O)CN(c3cncc(C#N)c3)C2)nnc1-c1ccc(C)o1. The van der Waals surface area contributed by atoms with Crippen LogP contribution >= 0.6 is 0 Å². The minimum atomic E-state index is -3.88. The quantitative estimate of drug-likeness (QED) is 0.123. The monoisotopic (exact) mass is 1130 g/mol. The van der Waals surface area contributed by atoms with E-state index in [0.717, 1.165) is 0 Å². The van der Waals surface area contributed by atoms with E-state index in [-0.39, 0.29) is 62.3 Å². The van der Waals surface area contributed by atoms with Gasteiger partial charge in [-0.2, -0.15) is 10.5 Å². The molecule has 0 aliphatic carbocycles. The molecule has 0 amide bonds. The fraction of sp³-hybridized carbons (Fsp3) is 0.333. The van der Waals surface area contributed by atoms with E-state index < -0.39 is 53.9 Å². The number of nitrogens with zero attached hydrogens (tertiary/aromatic N) is 12. The fourth-order valence-electron chi connectivity index (χ4n) is 9.74. The van der Waals surface area contributed by atoms with Gasteiger partial charge in [-0.25, -0.2) is 16.8 Å². The van der Waals surface area contributed by atoms with E-state index in [1.165, 1.54) is 40.8 Å². The molecule has 0 saturated carbocycles. The number of nitriles is 2. The Labute approximate surface area is 460 Å². The molecule has 0 bridgehead atoms. The molecule has 2 fully saturated rings. The van der Waals surface area contributed by atoms with Crippen molar-refractivity contribution in [2.75, 3.05) is 64.4 Å². The average molecular weight is 1130 g/mol. The summed E-state index contributed by atoms with van der Waals surface area (Å²) in [5, 5.41) is 55.0. The van der Waals surface area contributed by atoms with Gasteiger partial charge in [0.15, 0.2) is 42.8 Å². The number of ether oxygens (including phenoxy) is 4. The summed E-state index contributed by atoms with van der Waals surface area (Å²) < 4.78 is 92.7. The van der Waals surface area contributed by atoms with Crippen LogP contribution in [0.5, 0.6) is 23.0 Å². The standard InChI is InChI=1S/2C27H28N6O6S/c2*1-17-7-8-24(39-17)27-31-30-25(33(27)26-22(37-2)5-4-6-23(26)38-3)16-40(35,36)21-10-20(34)14-32(15-21)19-9-18(11-28)12-29-13-19/h2*4-9,12-13,20-21,34H,10,14-16H2,1-3H3/t2*20-,21+/m10/s1. The van der Waals surface area contributed by atoms with Gasteiger partial charge in [0.2, 0.25) is 11.6 Å². The topological polar surface area (TPSA) is 313 Å². The van der Waals surface area contributed by atoms with Crippen LogP contribution < -0.4 is 28.7 Å². The third-order valence-corrected chi connectivity index (χ3v) is 17.6. The number of benzene rings is 2. The van der Waals surface area contributed by atoms with Gasteiger partial charge in [0, 0.05) is 38.6 Å². The summed E-state index contributed by atoms with van der Waals surface area (Å²) in [5.74, 6) is 3.67. The first-order valence-corrected chi connectivity index (χ1v) is 28.3. The molecule has 4 atom stereocenters. The van der Waals surface area contributed by atoms with E-state index in [9.17, 15) is 37.6 Å². The number of hydrogen-bond donors (Lipinski definition) is 2. The number of hydrogen-bond acceptors (Lipinski definition) is 22. The van der Waals surface area contributed by atoms with Crippen molar-refractivity contribution in [1.29, 1.82) is 10.5 Å². The molecule has 416 valence electrons. The number of β-amino-alcohol motifs (C(OH)–C–C–N with tert-alkyl or cyclic N) is 2. The van der Waals surface area contributed by atoms with Gasteiger partial charge in [-0.05, 0) is 87.4 Å². The van der Waals surface area contributed by atoms with Crippen molar-refractivity contribution in [1.82, 2.24) is 39.5 Å². The number of pyridine rings is 2. The molecule has 24 nitrogen and oxygen atoms in total. The van der Waals surface area contributed by atoms with Gasteiger partial charge in [0.1, 0.15) is 69.5 Å². The maximum absolute atomic E-state index is 13.9. The molecule has 10 rings (SSSR count). The van der Waals surface area contributed by atoms with Crippen molar-refractivity contribution in [2.45, 2.75) is 60.9 Å². The molecular formula is C54H56N12O12S2. The van der Waals surface area contributed by atoms with E-state index in [1.54, 1.807) is 118 Å². The molecule has 2 aromatic carbocycles. The summed E-state index contributed by atoms with van der Waals surface area (Å²) >= 11 is 0. The van der Waals surface area contributed by atoms with Crippen LogP contribution in [0.3, 0.4) is 0 Å². The minimum absolute atomic E-state index is 0.0561. The van der Waals surface area contributed by atoms with Gasteiger partial charge in [-0.3, -0.25) is 19.1 Å². The van der Waals surface area contributed by atoms with Crippen molar-refractivity contribution in [3.63, 3.8) is 0 Å². The molecular weight excluding hydrogens is 1070 g/mol. The third-order valence-electron chi connectivity index (χ3n) is 13.5. The minimum Gasteiger partial charge on any atom is -0.494 e. The fourth-order valence-corrected chi connectivity index (χ4v) is 13.1. The Morgan fingerprint density at radius 2 is 0.938 bits per heavy atom. The average Bonchev–Trinajstić information content (AvgIpc) is 4.44. The lowest BCUT2D eigenvalue weighted by Crippen LogP contribution is -2.49. The van der Waals surface area contributed by atoms with Gasteiger partial charge in [-0.1, -0.05) is 12.1 Å². The molecule has 0 radical (unpaired) electrons. The Morgan fingerprint density at radius 1 is 0.562 bits per heavy atom. The maximum Gasteiger partial charge on any atom is 0.204 e. The van der Waals surface area contributed by atoms with Crippen LogP contribution in [-0.2, 0) is 31.2 Å². The van der Waals surface area contributed by atoms with E-state index in [0.29, 0.717) is 79.9 Å². The molecule has 8 heterocycles. The Bertz CT molecular complexity index is 3550. The van der Waals surface area contributed by atoms with Crippen LogP contribution in [0.2, 0.25) is 0 Å². The Balaban J connectivity index is 0.000000194. The highest BCUT2D eigenvalue weighted by Gasteiger charge is 2.39. The van der Waals surface area contributed by atoms with Crippen molar-refractivity contribution in [2.24, 2.45) is 0 Å². The van der Waals surface area contributed by atoms with Crippen molar-refractivity contribution >= 4 is 31.0 Å². The first-order chi connectivity index (χ1) is 38.5. The van der Waals surface area contributed by atoms with Gasteiger partial charge in [0.25, 0.3) is 0 Å². The van der Waals surface area contributed by atoms with Crippen LogP contribution in [0.4, 0.5) is 11.4 Å². The second kappa shape index (κ2) is 23.6.